The van der Waals surface area contributed by atoms with Crippen LogP contribution in [0.2, 0.25) is 0 Å². The first-order valence-electron chi connectivity index (χ1n) is 11.1. The Labute approximate surface area is 188 Å². The van der Waals surface area contributed by atoms with Gasteiger partial charge >= 0.3 is 6.09 Å². The third-order valence-electron chi connectivity index (χ3n) is 5.65. The van der Waals surface area contributed by atoms with E-state index < -0.39 is 0 Å². The van der Waals surface area contributed by atoms with Gasteiger partial charge in [-0.15, -0.1) is 0 Å². The molecule has 2 aromatic carbocycles. The van der Waals surface area contributed by atoms with E-state index in [1.54, 1.807) is 11.5 Å². The third-order valence-corrected chi connectivity index (χ3v) is 6.47. The third kappa shape index (κ3) is 5.74. The van der Waals surface area contributed by atoms with Crippen LogP contribution in [0.4, 0.5) is 16.3 Å². The molecule has 0 bridgehead atoms. The van der Waals surface area contributed by atoms with Gasteiger partial charge in [0.15, 0.2) is 0 Å². The molecule has 1 amide bonds. The Hall–Kier alpha value is -2.64. The topological polar surface area (TPSA) is 57.7 Å². The van der Waals surface area contributed by atoms with Crippen LogP contribution in [0.1, 0.15) is 25.3 Å². The number of anilines is 2. The van der Waals surface area contributed by atoms with Crippen molar-refractivity contribution in [1.82, 2.24) is 9.27 Å². The Morgan fingerprint density at radius 3 is 2.81 bits per heavy atom. The summed E-state index contributed by atoms with van der Waals surface area (Å²) in [5, 5.41) is 4.09. The fraction of sp³-hybridized carbons (Fsp3) is 0.417. The number of rotatable bonds is 8. The Morgan fingerprint density at radius 1 is 1.13 bits per heavy atom. The van der Waals surface area contributed by atoms with Crippen LogP contribution in [0, 0.1) is 0 Å². The van der Waals surface area contributed by atoms with Crippen LogP contribution in [0.25, 0.3) is 10.1 Å². The van der Waals surface area contributed by atoms with Gasteiger partial charge in [0, 0.05) is 43.8 Å². The molecule has 0 radical (unpaired) electrons. The minimum Gasteiger partial charge on any atom is -0.449 e. The SMILES string of the molecule is CCCCOC(=O)Nc1cccc(CCN2CCN(c3nsc4ccccc34)CC2)c1. The first kappa shape index (κ1) is 21.6. The van der Waals surface area contributed by atoms with Gasteiger partial charge in [0.25, 0.3) is 0 Å². The number of ether oxygens (including phenoxy) is 1. The van der Waals surface area contributed by atoms with Gasteiger partial charge in [-0.05, 0) is 54.2 Å². The lowest BCUT2D eigenvalue weighted by Crippen LogP contribution is -2.47. The number of piperazine rings is 1. The molecular weight excluding hydrogens is 408 g/mol. The van der Waals surface area contributed by atoms with Crippen LogP contribution in [-0.4, -0.2) is 54.7 Å². The van der Waals surface area contributed by atoms with Gasteiger partial charge in [0.05, 0.1) is 11.3 Å². The molecule has 0 aliphatic carbocycles. The molecule has 164 valence electrons. The highest BCUT2D eigenvalue weighted by atomic mass is 32.1. The van der Waals surface area contributed by atoms with Crippen molar-refractivity contribution in [2.45, 2.75) is 26.2 Å². The van der Waals surface area contributed by atoms with Gasteiger partial charge in [0.1, 0.15) is 5.82 Å². The number of nitrogens with one attached hydrogen (secondary N) is 1. The number of nitrogens with zero attached hydrogens (tertiary/aromatic N) is 3. The number of hydrogen-bond donors (Lipinski definition) is 1. The average molecular weight is 439 g/mol. The summed E-state index contributed by atoms with van der Waals surface area (Å²) in [6, 6.07) is 16.5. The van der Waals surface area contributed by atoms with Crippen molar-refractivity contribution in [1.29, 1.82) is 0 Å². The summed E-state index contributed by atoms with van der Waals surface area (Å²) in [6.07, 6.45) is 2.48. The van der Waals surface area contributed by atoms with E-state index in [1.165, 1.54) is 15.6 Å². The molecule has 31 heavy (non-hydrogen) atoms. The quantitative estimate of drug-likeness (QED) is 0.501. The van der Waals surface area contributed by atoms with Crippen molar-refractivity contribution in [2.24, 2.45) is 0 Å². The molecule has 7 heteroatoms. The number of amides is 1. The highest BCUT2D eigenvalue weighted by Crippen LogP contribution is 2.29. The molecule has 1 aromatic heterocycles. The van der Waals surface area contributed by atoms with Crippen LogP contribution < -0.4 is 10.2 Å². The monoisotopic (exact) mass is 438 g/mol. The summed E-state index contributed by atoms with van der Waals surface area (Å²) in [4.78, 5) is 16.8. The highest BCUT2D eigenvalue weighted by molar-refractivity contribution is 7.13. The molecule has 1 N–H and O–H groups in total. The second-order valence-electron chi connectivity index (χ2n) is 7.90. The average Bonchev–Trinajstić information content (AvgIpc) is 3.23. The predicted octanol–water partition coefficient (Wildman–Crippen LogP) is 5.01. The first-order chi connectivity index (χ1) is 15.2. The van der Waals surface area contributed by atoms with Crippen LogP contribution in [0.5, 0.6) is 0 Å². The van der Waals surface area contributed by atoms with E-state index in [-0.39, 0.29) is 6.09 Å². The Balaban J connectivity index is 1.25. The number of fused-ring (bicyclic) bond motifs is 1. The van der Waals surface area contributed by atoms with Crippen molar-refractivity contribution >= 4 is 39.2 Å². The van der Waals surface area contributed by atoms with Crippen LogP contribution >= 0.6 is 11.5 Å². The maximum atomic E-state index is 11.9. The van der Waals surface area contributed by atoms with Crippen LogP contribution in [0.15, 0.2) is 48.5 Å². The lowest BCUT2D eigenvalue weighted by molar-refractivity contribution is 0.160. The summed E-state index contributed by atoms with van der Waals surface area (Å²) in [6.45, 7) is 7.62. The van der Waals surface area contributed by atoms with E-state index in [2.05, 4.69) is 52.4 Å². The second kappa shape index (κ2) is 10.6. The summed E-state index contributed by atoms with van der Waals surface area (Å²) in [5.74, 6) is 1.13. The van der Waals surface area contributed by atoms with E-state index in [0.717, 1.165) is 63.5 Å². The second-order valence-corrected chi connectivity index (χ2v) is 8.70. The molecule has 0 saturated carbocycles. The largest absolute Gasteiger partial charge is 0.449 e. The molecule has 1 fully saturated rings. The van der Waals surface area contributed by atoms with Crippen LogP contribution in [0.3, 0.4) is 0 Å². The number of carbonyl (C=O) groups is 1. The maximum absolute atomic E-state index is 11.9. The van der Waals surface area contributed by atoms with E-state index >= 15 is 0 Å². The molecule has 0 atom stereocenters. The molecule has 1 saturated heterocycles. The van der Waals surface area contributed by atoms with E-state index in [1.807, 2.05) is 18.2 Å². The van der Waals surface area contributed by atoms with Gasteiger partial charge in [-0.2, -0.15) is 4.37 Å². The van der Waals surface area contributed by atoms with Gasteiger partial charge in [-0.25, -0.2) is 4.79 Å². The zero-order valence-electron chi connectivity index (χ0n) is 18.0. The molecule has 0 spiro atoms. The minimum absolute atomic E-state index is 0.378. The lowest BCUT2D eigenvalue weighted by Gasteiger charge is -2.35. The van der Waals surface area contributed by atoms with Crippen molar-refractivity contribution in [3.63, 3.8) is 0 Å². The van der Waals surface area contributed by atoms with Crippen molar-refractivity contribution < 1.29 is 9.53 Å². The fourth-order valence-corrected chi connectivity index (χ4v) is 4.63. The number of hydrogen-bond acceptors (Lipinski definition) is 6. The smallest absolute Gasteiger partial charge is 0.411 e. The Bertz CT molecular complexity index is 998. The number of aromatic nitrogens is 1. The van der Waals surface area contributed by atoms with Crippen LogP contribution in [-0.2, 0) is 11.2 Å². The van der Waals surface area contributed by atoms with Gasteiger partial charge < -0.3 is 9.64 Å². The molecule has 3 aromatic rings. The van der Waals surface area contributed by atoms with Gasteiger partial charge in [0.2, 0.25) is 0 Å². The molecule has 1 aliphatic heterocycles. The number of benzene rings is 2. The summed E-state index contributed by atoms with van der Waals surface area (Å²) in [5.41, 5.74) is 2.01. The lowest BCUT2D eigenvalue weighted by atomic mass is 10.1. The van der Waals surface area contributed by atoms with E-state index in [4.69, 9.17) is 9.11 Å². The molecule has 2 heterocycles. The number of carbonyl (C=O) groups excluding carboxylic acids is 1. The Kier molecular flexibility index (Phi) is 7.38. The minimum atomic E-state index is -0.378. The normalized spacial score (nSPS) is 14.7. The molecule has 4 rings (SSSR count). The van der Waals surface area contributed by atoms with Gasteiger partial charge in [-0.1, -0.05) is 37.6 Å². The Morgan fingerprint density at radius 2 is 1.97 bits per heavy atom. The first-order valence-corrected chi connectivity index (χ1v) is 11.8. The fourth-order valence-electron chi connectivity index (χ4n) is 3.84. The van der Waals surface area contributed by atoms with Crippen molar-refractivity contribution in [2.75, 3.05) is 49.5 Å². The predicted molar refractivity (Wildman–Crippen MR) is 128 cm³/mol. The van der Waals surface area contributed by atoms with Crippen molar-refractivity contribution in [3.8, 4) is 0 Å². The molecule has 6 nitrogen and oxygen atoms in total. The number of unbranched alkanes of at least 4 members (excludes halogenated alkanes) is 1. The molecule has 1 aliphatic rings. The highest BCUT2D eigenvalue weighted by Gasteiger charge is 2.20. The standard InChI is InChI=1S/C24H30N4O2S/c1-2-3-17-30-24(29)25-20-8-6-7-19(18-20)11-12-27-13-15-28(16-14-27)23-21-9-4-5-10-22(21)31-26-23/h4-10,18H,2-3,11-17H2,1H3,(H,25,29). The summed E-state index contributed by atoms with van der Waals surface area (Å²) in [7, 11) is 0. The molecule has 0 unspecified atom stereocenters. The zero-order valence-corrected chi connectivity index (χ0v) is 18.9. The zero-order chi connectivity index (χ0) is 21.5. The summed E-state index contributed by atoms with van der Waals surface area (Å²) < 4.78 is 11.1. The van der Waals surface area contributed by atoms with E-state index in [9.17, 15) is 4.79 Å². The summed E-state index contributed by atoms with van der Waals surface area (Å²) >= 11 is 1.58. The van der Waals surface area contributed by atoms with Gasteiger partial charge in [-0.3, -0.25) is 10.2 Å². The van der Waals surface area contributed by atoms with Crippen molar-refractivity contribution in [3.05, 3.63) is 54.1 Å². The molecular formula is C24H30N4O2S. The maximum Gasteiger partial charge on any atom is 0.411 e. The van der Waals surface area contributed by atoms with E-state index in [0.29, 0.717) is 6.61 Å².